The standard InChI is InChI=1S/C19H29N3O5/c1-18(2,3)27-17(25)22-9-7-13(8-10-22)16(24)26-11-15(23)21-19(4,12-20)14-5-6-14/h13-14H,5-11H2,1-4H3,(H,21,23)/t19-/m1/s1. The molecule has 1 atom stereocenters. The normalized spacial score (nSPS) is 20.2. The van der Waals surface area contributed by atoms with Crippen LogP contribution in [0.5, 0.6) is 0 Å². The zero-order valence-corrected chi connectivity index (χ0v) is 16.5. The largest absolute Gasteiger partial charge is 0.455 e. The van der Waals surface area contributed by atoms with Gasteiger partial charge in [0.1, 0.15) is 11.1 Å². The van der Waals surface area contributed by atoms with Gasteiger partial charge in [-0.25, -0.2) is 4.79 Å². The molecule has 0 unspecified atom stereocenters. The van der Waals surface area contributed by atoms with Crippen molar-refractivity contribution in [1.82, 2.24) is 10.2 Å². The van der Waals surface area contributed by atoms with Crippen LogP contribution in [-0.2, 0) is 19.1 Å². The Morgan fingerprint density at radius 3 is 2.19 bits per heavy atom. The van der Waals surface area contributed by atoms with Crippen LogP contribution in [-0.4, -0.2) is 53.7 Å². The van der Waals surface area contributed by atoms with E-state index in [-0.39, 0.29) is 17.9 Å². The van der Waals surface area contributed by atoms with Crippen LogP contribution < -0.4 is 5.32 Å². The molecule has 27 heavy (non-hydrogen) atoms. The first-order valence-electron chi connectivity index (χ1n) is 9.41. The van der Waals surface area contributed by atoms with Crippen LogP contribution in [0.2, 0.25) is 0 Å². The summed E-state index contributed by atoms with van der Waals surface area (Å²) in [7, 11) is 0. The van der Waals surface area contributed by atoms with E-state index >= 15 is 0 Å². The Morgan fingerprint density at radius 1 is 1.11 bits per heavy atom. The fourth-order valence-corrected chi connectivity index (χ4v) is 3.09. The minimum atomic E-state index is -0.901. The zero-order chi connectivity index (χ0) is 20.2. The highest BCUT2D eigenvalue weighted by Crippen LogP contribution is 2.39. The van der Waals surface area contributed by atoms with Crippen molar-refractivity contribution >= 4 is 18.0 Å². The van der Waals surface area contributed by atoms with Crippen molar-refractivity contribution in [3.63, 3.8) is 0 Å². The third-order valence-electron chi connectivity index (χ3n) is 4.85. The highest BCUT2D eigenvalue weighted by molar-refractivity contribution is 5.82. The highest BCUT2D eigenvalue weighted by Gasteiger charge is 2.43. The second-order valence-electron chi connectivity index (χ2n) is 8.49. The molecule has 1 saturated carbocycles. The second kappa shape index (κ2) is 8.15. The van der Waals surface area contributed by atoms with E-state index in [9.17, 15) is 19.6 Å². The summed E-state index contributed by atoms with van der Waals surface area (Å²) in [6.45, 7) is 7.54. The molecule has 8 heteroatoms. The molecular formula is C19H29N3O5. The average Bonchev–Trinajstić information content (AvgIpc) is 3.43. The topological polar surface area (TPSA) is 109 Å². The van der Waals surface area contributed by atoms with Gasteiger partial charge in [0.2, 0.25) is 0 Å². The van der Waals surface area contributed by atoms with Crippen molar-refractivity contribution in [2.24, 2.45) is 11.8 Å². The number of nitrogens with zero attached hydrogens (tertiary/aromatic N) is 2. The van der Waals surface area contributed by atoms with E-state index in [0.717, 1.165) is 12.8 Å². The summed E-state index contributed by atoms with van der Waals surface area (Å²) in [5.74, 6) is -1.09. The molecule has 0 aromatic carbocycles. The van der Waals surface area contributed by atoms with E-state index in [0.29, 0.717) is 25.9 Å². The lowest BCUT2D eigenvalue weighted by molar-refractivity contribution is -0.154. The van der Waals surface area contributed by atoms with Crippen LogP contribution in [0, 0.1) is 23.2 Å². The maximum atomic E-state index is 12.2. The first kappa shape index (κ1) is 21.0. The first-order valence-corrected chi connectivity index (χ1v) is 9.41. The van der Waals surface area contributed by atoms with Gasteiger partial charge < -0.3 is 19.7 Å². The number of carbonyl (C=O) groups is 3. The Kier molecular flexibility index (Phi) is 6.34. The number of esters is 1. The fraction of sp³-hybridized carbons (Fsp3) is 0.789. The van der Waals surface area contributed by atoms with Gasteiger partial charge in [0, 0.05) is 13.1 Å². The van der Waals surface area contributed by atoms with Gasteiger partial charge in [-0.3, -0.25) is 9.59 Å². The third kappa shape index (κ3) is 6.12. The summed E-state index contributed by atoms with van der Waals surface area (Å²) in [5, 5.41) is 11.9. The minimum Gasteiger partial charge on any atom is -0.455 e. The van der Waals surface area contributed by atoms with E-state index in [1.165, 1.54) is 0 Å². The van der Waals surface area contributed by atoms with Crippen LogP contribution in [0.25, 0.3) is 0 Å². The molecule has 0 aromatic heterocycles. The molecule has 0 aromatic rings. The van der Waals surface area contributed by atoms with Crippen LogP contribution in [0.3, 0.4) is 0 Å². The number of hydrogen-bond acceptors (Lipinski definition) is 6. The minimum absolute atomic E-state index is 0.166. The van der Waals surface area contributed by atoms with Gasteiger partial charge in [0.15, 0.2) is 6.61 Å². The van der Waals surface area contributed by atoms with Gasteiger partial charge in [0.25, 0.3) is 5.91 Å². The molecule has 2 amide bonds. The molecule has 8 nitrogen and oxygen atoms in total. The molecule has 1 aliphatic carbocycles. The van der Waals surface area contributed by atoms with Crippen LogP contribution >= 0.6 is 0 Å². The highest BCUT2D eigenvalue weighted by atomic mass is 16.6. The summed E-state index contributed by atoms with van der Waals surface area (Å²) >= 11 is 0. The van der Waals surface area contributed by atoms with Crippen molar-refractivity contribution < 1.29 is 23.9 Å². The molecule has 1 aliphatic heterocycles. The quantitative estimate of drug-likeness (QED) is 0.732. The molecule has 2 aliphatic rings. The summed E-state index contributed by atoms with van der Waals surface area (Å²) in [6.07, 6.45) is 2.39. The maximum Gasteiger partial charge on any atom is 0.410 e. The molecule has 1 saturated heterocycles. The number of hydrogen-bond donors (Lipinski definition) is 1. The third-order valence-corrected chi connectivity index (χ3v) is 4.85. The van der Waals surface area contributed by atoms with Crippen LogP contribution in [0.15, 0.2) is 0 Å². The summed E-state index contributed by atoms with van der Waals surface area (Å²) in [4.78, 5) is 37.8. The Labute approximate surface area is 160 Å². The van der Waals surface area contributed by atoms with Crippen molar-refractivity contribution in [1.29, 1.82) is 5.26 Å². The summed E-state index contributed by atoms with van der Waals surface area (Å²) < 4.78 is 10.4. The van der Waals surface area contributed by atoms with Crippen molar-refractivity contribution in [3.8, 4) is 6.07 Å². The molecule has 0 radical (unpaired) electrons. The van der Waals surface area contributed by atoms with Crippen LogP contribution in [0.1, 0.15) is 53.4 Å². The second-order valence-corrected chi connectivity index (χ2v) is 8.49. The average molecular weight is 379 g/mol. The number of amides is 2. The molecule has 1 heterocycles. The lowest BCUT2D eigenvalue weighted by Crippen LogP contribution is -2.48. The number of likely N-dealkylation sites (tertiary alicyclic amines) is 1. The van der Waals surface area contributed by atoms with Crippen molar-refractivity contribution in [2.45, 2.75) is 64.5 Å². The molecule has 1 N–H and O–H groups in total. The predicted molar refractivity (Wildman–Crippen MR) is 96.4 cm³/mol. The predicted octanol–water partition coefficient (Wildman–Crippen LogP) is 1.99. The Bertz CT molecular complexity index is 624. The van der Waals surface area contributed by atoms with E-state index in [2.05, 4.69) is 11.4 Å². The van der Waals surface area contributed by atoms with E-state index in [1.807, 2.05) is 0 Å². The molecule has 150 valence electrons. The monoisotopic (exact) mass is 379 g/mol. The van der Waals surface area contributed by atoms with Gasteiger partial charge >= 0.3 is 12.1 Å². The lowest BCUT2D eigenvalue weighted by atomic mass is 9.97. The Balaban J connectivity index is 1.72. The molecular weight excluding hydrogens is 350 g/mol. The lowest BCUT2D eigenvalue weighted by Gasteiger charge is -2.32. The zero-order valence-electron chi connectivity index (χ0n) is 16.5. The number of piperidine rings is 1. The van der Waals surface area contributed by atoms with Crippen LogP contribution in [0.4, 0.5) is 4.79 Å². The maximum absolute atomic E-state index is 12.2. The number of rotatable bonds is 5. The van der Waals surface area contributed by atoms with Gasteiger partial charge in [-0.15, -0.1) is 0 Å². The molecule has 0 spiro atoms. The number of ether oxygens (including phenoxy) is 2. The van der Waals surface area contributed by atoms with Crippen molar-refractivity contribution in [2.75, 3.05) is 19.7 Å². The summed E-state index contributed by atoms with van der Waals surface area (Å²) in [5.41, 5.74) is -1.46. The summed E-state index contributed by atoms with van der Waals surface area (Å²) in [6, 6.07) is 2.13. The van der Waals surface area contributed by atoms with E-state index < -0.39 is 29.6 Å². The van der Waals surface area contributed by atoms with Gasteiger partial charge in [-0.05, 0) is 59.3 Å². The number of nitriles is 1. The Morgan fingerprint density at radius 2 is 1.70 bits per heavy atom. The van der Waals surface area contributed by atoms with E-state index in [4.69, 9.17) is 9.47 Å². The van der Waals surface area contributed by atoms with Gasteiger partial charge in [0.05, 0.1) is 12.0 Å². The first-order chi connectivity index (χ1) is 12.5. The van der Waals surface area contributed by atoms with Gasteiger partial charge in [-0.2, -0.15) is 5.26 Å². The van der Waals surface area contributed by atoms with Crippen molar-refractivity contribution in [3.05, 3.63) is 0 Å². The smallest absolute Gasteiger partial charge is 0.410 e. The molecule has 2 fully saturated rings. The van der Waals surface area contributed by atoms with E-state index in [1.54, 1.807) is 32.6 Å². The number of carbonyl (C=O) groups excluding carboxylic acids is 3. The fourth-order valence-electron chi connectivity index (χ4n) is 3.09. The number of nitrogens with one attached hydrogen (secondary N) is 1. The Hall–Kier alpha value is -2.30. The molecule has 0 bridgehead atoms. The molecule has 2 rings (SSSR count). The SMILES string of the molecule is CC(C)(C)OC(=O)N1CCC(C(=O)OCC(=O)N[C@](C)(C#N)C2CC2)CC1. The van der Waals surface area contributed by atoms with Gasteiger partial charge in [-0.1, -0.05) is 0 Å².